The summed E-state index contributed by atoms with van der Waals surface area (Å²) < 4.78 is 6.60. The van der Waals surface area contributed by atoms with Crippen LogP contribution in [-0.4, -0.2) is 31.1 Å². The maximum Gasteiger partial charge on any atom is 0.169 e. The van der Waals surface area contributed by atoms with E-state index in [4.69, 9.17) is 4.42 Å². The first-order chi connectivity index (χ1) is 7.98. The van der Waals surface area contributed by atoms with Gasteiger partial charge in [0.25, 0.3) is 0 Å². The zero-order valence-electron chi connectivity index (χ0n) is 10.8. The van der Waals surface area contributed by atoms with Crippen molar-refractivity contribution in [3.8, 4) is 0 Å². The van der Waals surface area contributed by atoms with Crippen molar-refractivity contribution in [2.24, 2.45) is 5.41 Å². The minimum Gasteiger partial charge on any atom is -0.453 e. The average molecular weight is 301 g/mol. The summed E-state index contributed by atoms with van der Waals surface area (Å²) in [6.45, 7) is 11.1. The van der Waals surface area contributed by atoms with E-state index in [1.807, 2.05) is 6.07 Å². The van der Waals surface area contributed by atoms with Crippen LogP contribution in [0.1, 0.15) is 32.6 Å². The number of nitrogens with zero attached hydrogens (tertiary/aromatic N) is 1. The van der Waals surface area contributed by atoms with Crippen molar-refractivity contribution in [3.63, 3.8) is 0 Å². The van der Waals surface area contributed by atoms with Crippen LogP contribution < -0.4 is 5.32 Å². The lowest BCUT2D eigenvalue weighted by atomic mass is 9.84. The first-order valence-corrected chi connectivity index (χ1v) is 6.98. The van der Waals surface area contributed by atoms with Gasteiger partial charge in [0.05, 0.1) is 6.04 Å². The molecule has 1 aliphatic heterocycles. The van der Waals surface area contributed by atoms with Gasteiger partial charge in [-0.3, -0.25) is 4.90 Å². The minimum atomic E-state index is 0.175. The highest BCUT2D eigenvalue weighted by atomic mass is 79.9. The van der Waals surface area contributed by atoms with Crippen LogP contribution in [0.15, 0.2) is 21.2 Å². The molecular formula is C13H21BrN2O. The summed E-state index contributed by atoms with van der Waals surface area (Å²) in [5.41, 5.74) is 0.175. The van der Waals surface area contributed by atoms with Gasteiger partial charge in [0.2, 0.25) is 0 Å². The summed E-state index contributed by atoms with van der Waals surface area (Å²) in [5, 5.41) is 3.40. The average Bonchev–Trinajstić information content (AvgIpc) is 2.64. The molecule has 1 saturated heterocycles. The van der Waals surface area contributed by atoms with Crippen molar-refractivity contribution in [1.82, 2.24) is 10.2 Å². The lowest BCUT2D eigenvalue weighted by molar-refractivity contribution is 0.0690. The molecule has 0 aliphatic carbocycles. The summed E-state index contributed by atoms with van der Waals surface area (Å²) in [5.74, 6) is 1.06. The highest BCUT2D eigenvalue weighted by Crippen LogP contribution is 2.39. The van der Waals surface area contributed by atoms with Crippen molar-refractivity contribution < 1.29 is 4.42 Å². The molecule has 96 valence electrons. The van der Waals surface area contributed by atoms with E-state index >= 15 is 0 Å². The Hall–Kier alpha value is -0.320. The van der Waals surface area contributed by atoms with Crippen LogP contribution in [0.2, 0.25) is 0 Å². The number of hydrogen-bond donors (Lipinski definition) is 1. The maximum absolute atomic E-state index is 5.78. The van der Waals surface area contributed by atoms with Crippen LogP contribution in [0.3, 0.4) is 0 Å². The van der Waals surface area contributed by atoms with Crippen molar-refractivity contribution in [3.05, 3.63) is 22.6 Å². The molecule has 1 aliphatic rings. The maximum atomic E-state index is 5.78. The highest BCUT2D eigenvalue weighted by molar-refractivity contribution is 9.10. The number of nitrogens with one attached hydrogen (secondary N) is 1. The Morgan fingerprint density at radius 2 is 1.94 bits per heavy atom. The molecule has 0 unspecified atom stereocenters. The van der Waals surface area contributed by atoms with E-state index in [0.29, 0.717) is 6.04 Å². The molecular weight excluding hydrogens is 280 g/mol. The fourth-order valence-electron chi connectivity index (χ4n) is 2.57. The van der Waals surface area contributed by atoms with Gasteiger partial charge < -0.3 is 9.73 Å². The molecule has 2 heterocycles. The van der Waals surface area contributed by atoms with E-state index < -0.39 is 0 Å². The predicted octanol–water partition coefficient (Wildman–Crippen LogP) is 3.03. The summed E-state index contributed by atoms with van der Waals surface area (Å²) in [7, 11) is 0. The Labute approximate surface area is 112 Å². The van der Waals surface area contributed by atoms with Gasteiger partial charge in [-0.05, 0) is 33.5 Å². The van der Waals surface area contributed by atoms with Gasteiger partial charge in [-0.25, -0.2) is 0 Å². The van der Waals surface area contributed by atoms with Gasteiger partial charge in [-0.1, -0.05) is 20.8 Å². The largest absolute Gasteiger partial charge is 0.453 e. The Balaban J connectivity index is 2.24. The van der Waals surface area contributed by atoms with Crippen LogP contribution in [-0.2, 0) is 0 Å². The molecule has 4 heteroatoms. The van der Waals surface area contributed by atoms with Crippen LogP contribution >= 0.6 is 15.9 Å². The normalized spacial score (nSPS) is 20.5. The highest BCUT2D eigenvalue weighted by Gasteiger charge is 2.34. The van der Waals surface area contributed by atoms with E-state index in [1.165, 1.54) is 0 Å². The second-order valence-corrected chi connectivity index (χ2v) is 6.48. The fraction of sp³-hybridized carbons (Fsp3) is 0.692. The molecule has 0 aromatic carbocycles. The van der Waals surface area contributed by atoms with Crippen molar-refractivity contribution in [1.29, 1.82) is 0 Å². The number of rotatable bonds is 2. The Bertz CT molecular complexity index is 364. The Kier molecular flexibility index (Phi) is 3.95. The third-order valence-electron chi connectivity index (χ3n) is 3.20. The smallest absolute Gasteiger partial charge is 0.169 e. The zero-order chi connectivity index (χ0) is 12.5. The molecule has 0 saturated carbocycles. The molecule has 1 aromatic heterocycles. The molecule has 1 N–H and O–H groups in total. The minimum absolute atomic E-state index is 0.175. The van der Waals surface area contributed by atoms with Gasteiger partial charge >= 0.3 is 0 Å². The third kappa shape index (κ3) is 3.12. The number of furan rings is 1. The van der Waals surface area contributed by atoms with Gasteiger partial charge in [0, 0.05) is 26.2 Å². The van der Waals surface area contributed by atoms with Gasteiger partial charge in [-0.15, -0.1) is 0 Å². The lowest BCUT2D eigenvalue weighted by Crippen LogP contribution is -2.48. The fourth-order valence-corrected chi connectivity index (χ4v) is 2.89. The molecule has 1 atom stereocenters. The SMILES string of the molecule is CC(C)(C)[C@H](c1ccc(Br)o1)N1CCNCC1. The molecule has 0 spiro atoms. The summed E-state index contributed by atoms with van der Waals surface area (Å²) >= 11 is 3.39. The Morgan fingerprint density at radius 3 is 2.41 bits per heavy atom. The second kappa shape index (κ2) is 5.12. The van der Waals surface area contributed by atoms with E-state index in [-0.39, 0.29) is 5.41 Å². The molecule has 0 amide bonds. The van der Waals surface area contributed by atoms with Gasteiger partial charge in [0.15, 0.2) is 4.67 Å². The first kappa shape index (κ1) is 13.1. The Morgan fingerprint density at radius 1 is 1.29 bits per heavy atom. The van der Waals surface area contributed by atoms with Crippen LogP contribution in [0, 0.1) is 5.41 Å². The first-order valence-electron chi connectivity index (χ1n) is 6.18. The van der Waals surface area contributed by atoms with Crippen molar-refractivity contribution in [2.75, 3.05) is 26.2 Å². The number of hydrogen-bond acceptors (Lipinski definition) is 3. The van der Waals surface area contributed by atoms with E-state index in [9.17, 15) is 0 Å². The van der Waals surface area contributed by atoms with Crippen molar-refractivity contribution in [2.45, 2.75) is 26.8 Å². The monoisotopic (exact) mass is 300 g/mol. The third-order valence-corrected chi connectivity index (χ3v) is 3.63. The van der Waals surface area contributed by atoms with Crippen molar-refractivity contribution >= 4 is 15.9 Å². The number of halogens is 1. The topological polar surface area (TPSA) is 28.4 Å². The molecule has 0 bridgehead atoms. The zero-order valence-corrected chi connectivity index (χ0v) is 12.4. The van der Waals surface area contributed by atoms with Crippen LogP contribution in [0.5, 0.6) is 0 Å². The lowest BCUT2D eigenvalue weighted by Gasteiger charge is -2.41. The van der Waals surface area contributed by atoms with Crippen LogP contribution in [0.4, 0.5) is 0 Å². The quantitative estimate of drug-likeness (QED) is 0.910. The predicted molar refractivity (Wildman–Crippen MR) is 73.0 cm³/mol. The summed E-state index contributed by atoms with van der Waals surface area (Å²) in [4.78, 5) is 2.52. The molecule has 0 radical (unpaired) electrons. The van der Waals surface area contributed by atoms with Gasteiger partial charge in [0.1, 0.15) is 5.76 Å². The van der Waals surface area contributed by atoms with E-state index in [2.05, 4.69) is 53.0 Å². The van der Waals surface area contributed by atoms with Gasteiger partial charge in [-0.2, -0.15) is 0 Å². The standard InChI is InChI=1S/C13H21BrN2O/c1-13(2,3)12(10-4-5-11(14)17-10)16-8-6-15-7-9-16/h4-5,12,15H,6-9H2,1-3H3/t12-/m0/s1. The van der Waals surface area contributed by atoms with Crippen LogP contribution in [0.25, 0.3) is 0 Å². The van der Waals surface area contributed by atoms with E-state index in [1.54, 1.807) is 0 Å². The molecule has 1 aromatic rings. The summed E-state index contributed by atoms with van der Waals surface area (Å²) in [6.07, 6.45) is 0. The molecule has 1 fully saturated rings. The summed E-state index contributed by atoms with van der Waals surface area (Å²) in [6, 6.07) is 4.41. The molecule has 2 rings (SSSR count). The van der Waals surface area contributed by atoms with E-state index in [0.717, 1.165) is 36.6 Å². The number of piperazine rings is 1. The second-order valence-electron chi connectivity index (χ2n) is 5.70. The molecule has 17 heavy (non-hydrogen) atoms. The molecule has 3 nitrogen and oxygen atoms in total.